The Balaban J connectivity index is 2.95. The first-order valence-electron chi connectivity index (χ1n) is 6.77. The van der Waals surface area contributed by atoms with Crippen molar-refractivity contribution in [1.82, 2.24) is 5.43 Å². The van der Waals surface area contributed by atoms with Gasteiger partial charge >= 0.3 is 0 Å². The van der Waals surface area contributed by atoms with Crippen LogP contribution in [0.1, 0.15) is 33.3 Å². The van der Waals surface area contributed by atoms with E-state index >= 15 is 0 Å². The van der Waals surface area contributed by atoms with Crippen molar-refractivity contribution in [3.8, 4) is 0 Å². The molecule has 1 aromatic rings. The van der Waals surface area contributed by atoms with E-state index in [1.165, 1.54) is 0 Å². The average molecular weight is 303 g/mol. The van der Waals surface area contributed by atoms with Crippen molar-refractivity contribution in [2.24, 2.45) is 23.6 Å². The van der Waals surface area contributed by atoms with Crippen molar-refractivity contribution in [3.63, 3.8) is 0 Å². The zero-order valence-corrected chi connectivity index (χ0v) is 13.6. The molecule has 108 valence electrons. The van der Waals surface area contributed by atoms with Crippen LogP contribution >= 0.6 is 23.2 Å². The number of nitrogens with one attached hydrogen (secondary N) is 1. The number of nitrogens with two attached hydrogens (primary N) is 1. The van der Waals surface area contributed by atoms with E-state index < -0.39 is 0 Å². The van der Waals surface area contributed by atoms with Gasteiger partial charge in [-0.05, 0) is 35.8 Å². The summed E-state index contributed by atoms with van der Waals surface area (Å²) in [7, 11) is 0. The number of halogens is 2. The molecule has 0 heterocycles. The maximum Gasteiger partial charge on any atom is 0.0624 e. The molecule has 0 fully saturated rings. The fourth-order valence-electron chi connectivity index (χ4n) is 2.95. The van der Waals surface area contributed by atoms with Crippen LogP contribution in [0.3, 0.4) is 0 Å². The van der Waals surface area contributed by atoms with Gasteiger partial charge in [0.15, 0.2) is 0 Å². The molecule has 1 rings (SSSR count). The predicted molar refractivity (Wildman–Crippen MR) is 84.4 cm³/mol. The van der Waals surface area contributed by atoms with Gasteiger partial charge in [0.2, 0.25) is 0 Å². The first kappa shape index (κ1) is 16.8. The standard InChI is InChI=1S/C15H24Cl2N2/c1-9(2)14(10(3)4)13(19-18)8-11-6-5-7-12(16)15(11)17/h5-7,9-10,13-14,19H,8,18H2,1-4H3. The molecule has 3 N–H and O–H groups in total. The number of benzene rings is 1. The highest BCUT2D eigenvalue weighted by atomic mass is 35.5. The number of hydrazine groups is 1. The fraction of sp³-hybridized carbons (Fsp3) is 0.600. The van der Waals surface area contributed by atoms with Gasteiger partial charge in [0.1, 0.15) is 0 Å². The molecule has 2 nitrogen and oxygen atoms in total. The monoisotopic (exact) mass is 302 g/mol. The smallest absolute Gasteiger partial charge is 0.0624 e. The van der Waals surface area contributed by atoms with E-state index in [2.05, 4.69) is 33.1 Å². The third-order valence-electron chi connectivity index (χ3n) is 3.69. The summed E-state index contributed by atoms with van der Waals surface area (Å²) in [4.78, 5) is 0. The third-order valence-corrected chi connectivity index (χ3v) is 4.55. The first-order valence-corrected chi connectivity index (χ1v) is 7.53. The Morgan fingerprint density at radius 2 is 1.68 bits per heavy atom. The van der Waals surface area contributed by atoms with E-state index in [1.54, 1.807) is 6.07 Å². The second-order valence-corrected chi connectivity index (χ2v) is 6.54. The summed E-state index contributed by atoms with van der Waals surface area (Å²) in [6, 6.07) is 5.93. The molecule has 0 aliphatic carbocycles. The van der Waals surface area contributed by atoms with Crippen molar-refractivity contribution in [2.45, 2.75) is 40.2 Å². The quantitative estimate of drug-likeness (QED) is 0.607. The zero-order chi connectivity index (χ0) is 14.6. The van der Waals surface area contributed by atoms with Crippen molar-refractivity contribution in [2.75, 3.05) is 0 Å². The molecule has 1 aromatic carbocycles. The number of hydrogen-bond donors (Lipinski definition) is 2. The van der Waals surface area contributed by atoms with Crippen LogP contribution in [0.5, 0.6) is 0 Å². The Morgan fingerprint density at radius 3 is 2.16 bits per heavy atom. The summed E-state index contributed by atoms with van der Waals surface area (Å²) in [5.74, 6) is 7.35. The molecule has 4 heteroatoms. The Hall–Kier alpha value is -0.280. The topological polar surface area (TPSA) is 38.0 Å². The molecule has 1 unspecified atom stereocenters. The van der Waals surface area contributed by atoms with Crippen molar-refractivity contribution >= 4 is 23.2 Å². The molecule has 0 saturated heterocycles. The molecular weight excluding hydrogens is 279 g/mol. The summed E-state index contributed by atoms with van der Waals surface area (Å²) in [5.41, 5.74) is 4.00. The van der Waals surface area contributed by atoms with Crippen molar-refractivity contribution < 1.29 is 0 Å². The summed E-state index contributed by atoms with van der Waals surface area (Å²) in [6.07, 6.45) is 0.789. The van der Waals surface area contributed by atoms with Crippen LogP contribution in [0, 0.1) is 17.8 Å². The van der Waals surface area contributed by atoms with Crippen LogP contribution < -0.4 is 11.3 Å². The SMILES string of the molecule is CC(C)C(C(C)C)C(Cc1cccc(Cl)c1Cl)NN. The van der Waals surface area contributed by atoms with Gasteiger partial charge in [-0.2, -0.15) is 0 Å². The molecule has 0 radical (unpaired) electrons. The third kappa shape index (κ3) is 4.35. The first-order chi connectivity index (χ1) is 8.88. The largest absolute Gasteiger partial charge is 0.271 e. The summed E-state index contributed by atoms with van der Waals surface area (Å²) in [5, 5.41) is 1.23. The van der Waals surface area contributed by atoms with Gasteiger partial charge in [-0.25, -0.2) is 0 Å². The van der Waals surface area contributed by atoms with Crippen LogP contribution in [-0.2, 0) is 6.42 Å². The van der Waals surface area contributed by atoms with E-state index in [0.717, 1.165) is 12.0 Å². The number of hydrogen-bond acceptors (Lipinski definition) is 2. The molecule has 0 aromatic heterocycles. The minimum Gasteiger partial charge on any atom is -0.271 e. The molecule has 19 heavy (non-hydrogen) atoms. The van der Waals surface area contributed by atoms with Crippen LogP contribution in [0.4, 0.5) is 0 Å². The molecule has 0 spiro atoms. The predicted octanol–water partition coefficient (Wildman–Crippen LogP) is 4.30. The maximum absolute atomic E-state index is 6.26. The lowest BCUT2D eigenvalue weighted by Crippen LogP contribution is -2.46. The van der Waals surface area contributed by atoms with E-state index in [4.69, 9.17) is 29.0 Å². The van der Waals surface area contributed by atoms with E-state index in [0.29, 0.717) is 27.8 Å². The Bertz CT molecular complexity index is 397. The summed E-state index contributed by atoms with van der Waals surface area (Å²) >= 11 is 12.3. The number of rotatable bonds is 6. The molecular formula is C15H24Cl2N2. The zero-order valence-electron chi connectivity index (χ0n) is 12.1. The molecule has 0 bridgehead atoms. The van der Waals surface area contributed by atoms with Gasteiger partial charge in [-0.1, -0.05) is 63.0 Å². The van der Waals surface area contributed by atoms with Gasteiger partial charge in [0.25, 0.3) is 0 Å². The fourth-order valence-corrected chi connectivity index (χ4v) is 3.35. The van der Waals surface area contributed by atoms with Gasteiger partial charge in [-0.3, -0.25) is 11.3 Å². The maximum atomic E-state index is 6.26. The highest BCUT2D eigenvalue weighted by molar-refractivity contribution is 6.42. The van der Waals surface area contributed by atoms with E-state index in [1.807, 2.05) is 12.1 Å². The molecule has 1 atom stereocenters. The van der Waals surface area contributed by atoms with Crippen LogP contribution in [0.2, 0.25) is 10.0 Å². The van der Waals surface area contributed by atoms with Gasteiger partial charge in [0, 0.05) is 6.04 Å². The van der Waals surface area contributed by atoms with Gasteiger partial charge < -0.3 is 0 Å². The highest BCUT2D eigenvalue weighted by Gasteiger charge is 2.27. The van der Waals surface area contributed by atoms with Crippen LogP contribution in [0.25, 0.3) is 0 Å². The summed E-state index contributed by atoms with van der Waals surface area (Å²) < 4.78 is 0. The average Bonchev–Trinajstić information content (AvgIpc) is 2.32. The van der Waals surface area contributed by atoms with Crippen molar-refractivity contribution in [3.05, 3.63) is 33.8 Å². The highest BCUT2D eigenvalue weighted by Crippen LogP contribution is 2.30. The second kappa shape index (κ2) is 7.49. The van der Waals surface area contributed by atoms with E-state index in [-0.39, 0.29) is 6.04 Å². The second-order valence-electron chi connectivity index (χ2n) is 5.76. The lowest BCUT2D eigenvalue weighted by molar-refractivity contribution is 0.208. The Morgan fingerprint density at radius 1 is 1.11 bits per heavy atom. The van der Waals surface area contributed by atoms with E-state index in [9.17, 15) is 0 Å². The van der Waals surface area contributed by atoms with Crippen LogP contribution in [-0.4, -0.2) is 6.04 Å². The summed E-state index contributed by atoms with van der Waals surface area (Å²) in [6.45, 7) is 8.92. The minimum absolute atomic E-state index is 0.191. The Labute approximate surface area is 126 Å². The minimum atomic E-state index is 0.191. The van der Waals surface area contributed by atoms with Crippen molar-refractivity contribution in [1.29, 1.82) is 0 Å². The Kier molecular flexibility index (Phi) is 6.61. The normalized spacial score (nSPS) is 13.6. The van der Waals surface area contributed by atoms with Crippen LogP contribution in [0.15, 0.2) is 18.2 Å². The lowest BCUT2D eigenvalue weighted by Gasteiger charge is -2.33. The van der Waals surface area contributed by atoms with Gasteiger partial charge in [0.05, 0.1) is 10.0 Å². The molecule has 0 aliphatic heterocycles. The van der Waals surface area contributed by atoms with Gasteiger partial charge in [-0.15, -0.1) is 0 Å². The molecule has 0 amide bonds. The lowest BCUT2D eigenvalue weighted by atomic mass is 9.78. The molecule has 0 saturated carbocycles. The molecule has 0 aliphatic rings.